The smallest absolute Gasteiger partial charge is 0.433 e. The third-order valence-corrected chi connectivity index (χ3v) is 4.47. The zero-order valence-corrected chi connectivity index (χ0v) is 12.4. The maximum Gasteiger partial charge on any atom is 0.433 e. The van der Waals surface area contributed by atoms with E-state index < -0.39 is 17.2 Å². The van der Waals surface area contributed by atoms with Crippen LogP contribution < -0.4 is 4.90 Å². The topological polar surface area (TPSA) is 55.3 Å². The van der Waals surface area contributed by atoms with Crippen molar-refractivity contribution in [2.24, 2.45) is 17.8 Å². The number of fused-ring (bicyclic) bond motifs is 1. The number of hydrogen-bond acceptors (Lipinski definition) is 5. The predicted octanol–water partition coefficient (Wildman–Crippen LogP) is 2.39. The zero-order chi connectivity index (χ0) is 16.1. The molecule has 3 rings (SSSR count). The third-order valence-electron chi connectivity index (χ3n) is 4.30. The molecule has 1 aromatic rings. The number of aromatic nitrogens is 2. The van der Waals surface area contributed by atoms with Crippen molar-refractivity contribution in [2.45, 2.75) is 12.6 Å². The molecule has 120 valence electrons. The first kappa shape index (κ1) is 15.3. The molecular weight excluding hydrogens is 323 g/mol. The van der Waals surface area contributed by atoms with E-state index in [1.165, 1.54) is 7.11 Å². The minimum absolute atomic E-state index is 0.177. The van der Waals surface area contributed by atoms with Gasteiger partial charge in [0.25, 0.3) is 0 Å². The Balaban J connectivity index is 1.69. The van der Waals surface area contributed by atoms with Gasteiger partial charge in [0.15, 0.2) is 5.69 Å². The van der Waals surface area contributed by atoms with Crippen LogP contribution in [0.5, 0.6) is 0 Å². The lowest BCUT2D eigenvalue weighted by molar-refractivity contribution is -0.142. The van der Waals surface area contributed by atoms with Crippen LogP contribution in [-0.2, 0) is 15.7 Å². The van der Waals surface area contributed by atoms with Crippen molar-refractivity contribution in [1.82, 2.24) is 9.97 Å². The van der Waals surface area contributed by atoms with E-state index in [1.54, 1.807) is 4.90 Å². The highest BCUT2D eigenvalue weighted by atomic mass is 35.5. The highest BCUT2D eigenvalue weighted by molar-refractivity contribution is 6.28. The number of alkyl halides is 3. The highest BCUT2D eigenvalue weighted by Crippen LogP contribution is 2.54. The fourth-order valence-corrected chi connectivity index (χ4v) is 3.31. The quantitative estimate of drug-likeness (QED) is 0.627. The summed E-state index contributed by atoms with van der Waals surface area (Å²) in [4.78, 5) is 20.1. The van der Waals surface area contributed by atoms with E-state index in [0.29, 0.717) is 31.3 Å². The van der Waals surface area contributed by atoms with E-state index in [4.69, 9.17) is 11.6 Å². The molecule has 5 nitrogen and oxygen atoms in total. The SMILES string of the molecule is COC(=O)C[C@H]1[C@H]2CN(c3cc(C(F)(F)F)nc(Cl)n3)C[C@@H]12. The molecule has 3 atom stereocenters. The van der Waals surface area contributed by atoms with E-state index in [0.717, 1.165) is 6.07 Å². The molecule has 1 aliphatic carbocycles. The monoisotopic (exact) mass is 335 g/mol. The molecule has 1 saturated carbocycles. The Labute approximate surface area is 129 Å². The van der Waals surface area contributed by atoms with Crippen LogP contribution in [0.1, 0.15) is 12.1 Å². The molecule has 0 amide bonds. The van der Waals surface area contributed by atoms with Crippen LogP contribution in [0.2, 0.25) is 5.28 Å². The normalized spacial score (nSPS) is 26.8. The molecule has 2 aliphatic rings. The van der Waals surface area contributed by atoms with Crippen LogP contribution >= 0.6 is 11.6 Å². The first-order valence-corrected chi connectivity index (χ1v) is 7.11. The van der Waals surface area contributed by atoms with Gasteiger partial charge in [-0.05, 0) is 29.4 Å². The number of rotatable bonds is 3. The largest absolute Gasteiger partial charge is 0.469 e. The maximum absolute atomic E-state index is 12.7. The summed E-state index contributed by atoms with van der Waals surface area (Å²) in [7, 11) is 1.34. The third kappa shape index (κ3) is 2.84. The number of ether oxygens (including phenoxy) is 1. The van der Waals surface area contributed by atoms with Crippen molar-refractivity contribution in [2.75, 3.05) is 25.1 Å². The van der Waals surface area contributed by atoms with E-state index in [1.807, 2.05) is 0 Å². The summed E-state index contributed by atoms with van der Waals surface area (Å²) in [6, 6.07) is 0.909. The van der Waals surface area contributed by atoms with Crippen molar-refractivity contribution >= 4 is 23.4 Å². The molecule has 1 aromatic heterocycles. The number of hydrogen-bond donors (Lipinski definition) is 0. The summed E-state index contributed by atoms with van der Waals surface area (Å²) >= 11 is 5.59. The first-order valence-electron chi connectivity index (χ1n) is 6.73. The Morgan fingerprint density at radius 1 is 1.41 bits per heavy atom. The maximum atomic E-state index is 12.7. The summed E-state index contributed by atoms with van der Waals surface area (Å²) in [5.41, 5.74) is -1.05. The Bertz CT molecular complexity index is 599. The Morgan fingerprint density at radius 3 is 2.59 bits per heavy atom. The molecule has 0 radical (unpaired) electrons. The minimum Gasteiger partial charge on any atom is -0.469 e. The standard InChI is InChI=1S/C13H13ClF3N3O2/c1-22-11(21)2-6-7-4-20(5-8(6)7)10-3-9(13(15,16)17)18-12(14)19-10/h3,6-8H,2,4-5H2,1H3/t6-,7+,8-. The fraction of sp³-hybridized carbons (Fsp3) is 0.615. The molecule has 22 heavy (non-hydrogen) atoms. The van der Waals surface area contributed by atoms with Crippen LogP contribution in [0, 0.1) is 17.8 Å². The molecule has 2 heterocycles. The van der Waals surface area contributed by atoms with Crippen LogP contribution in [0.3, 0.4) is 0 Å². The summed E-state index contributed by atoms with van der Waals surface area (Å²) in [5.74, 6) is 0.763. The zero-order valence-electron chi connectivity index (χ0n) is 11.6. The fourth-order valence-electron chi connectivity index (χ4n) is 3.13. The van der Waals surface area contributed by atoms with Gasteiger partial charge in [-0.2, -0.15) is 13.2 Å². The average molecular weight is 336 g/mol. The minimum atomic E-state index is -4.56. The Kier molecular flexibility index (Phi) is 3.66. The van der Waals surface area contributed by atoms with Gasteiger partial charge in [0.05, 0.1) is 7.11 Å². The van der Waals surface area contributed by atoms with Gasteiger partial charge in [-0.15, -0.1) is 0 Å². The summed E-state index contributed by atoms with van der Waals surface area (Å²) in [6.45, 7) is 1.13. The lowest BCUT2D eigenvalue weighted by Crippen LogP contribution is -2.26. The number of halogens is 4. The van der Waals surface area contributed by atoms with Crippen molar-refractivity contribution in [1.29, 1.82) is 0 Å². The molecule has 2 fully saturated rings. The summed E-state index contributed by atoms with van der Waals surface area (Å²) in [6.07, 6.45) is -4.20. The van der Waals surface area contributed by atoms with Crippen LogP contribution in [0.15, 0.2) is 6.07 Å². The molecule has 0 unspecified atom stereocenters. The van der Waals surface area contributed by atoms with Gasteiger partial charge >= 0.3 is 12.1 Å². The predicted molar refractivity (Wildman–Crippen MR) is 71.4 cm³/mol. The van der Waals surface area contributed by atoms with E-state index in [-0.39, 0.29) is 17.7 Å². The number of carbonyl (C=O) groups is 1. The first-order chi connectivity index (χ1) is 10.3. The van der Waals surface area contributed by atoms with Crippen molar-refractivity contribution in [3.63, 3.8) is 0 Å². The number of nitrogens with zero attached hydrogens (tertiary/aromatic N) is 3. The van der Waals surface area contributed by atoms with Crippen LogP contribution in [0.25, 0.3) is 0 Å². The highest BCUT2D eigenvalue weighted by Gasteiger charge is 2.56. The lowest BCUT2D eigenvalue weighted by Gasteiger charge is -2.21. The second-order valence-corrected chi connectivity index (χ2v) is 5.89. The number of anilines is 1. The van der Waals surface area contributed by atoms with Gasteiger partial charge in [-0.25, -0.2) is 9.97 Å². The van der Waals surface area contributed by atoms with Gasteiger partial charge in [0, 0.05) is 25.6 Å². The van der Waals surface area contributed by atoms with Gasteiger partial charge < -0.3 is 9.64 Å². The Morgan fingerprint density at radius 2 is 2.05 bits per heavy atom. The second-order valence-electron chi connectivity index (χ2n) is 5.55. The van der Waals surface area contributed by atoms with Crippen molar-refractivity contribution < 1.29 is 22.7 Å². The van der Waals surface area contributed by atoms with Crippen LogP contribution in [0.4, 0.5) is 19.0 Å². The molecule has 1 saturated heterocycles. The molecule has 1 aliphatic heterocycles. The van der Waals surface area contributed by atoms with Gasteiger partial charge in [0.2, 0.25) is 5.28 Å². The Hall–Kier alpha value is -1.57. The van der Waals surface area contributed by atoms with Crippen molar-refractivity contribution in [3.8, 4) is 0 Å². The lowest BCUT2D eigenvalue weighted by atomic mass is 10.2. The number of piperidine rings is 1. The number of methoxy groups -OCH3 is 1. The molecule has 0 bridgehead atoms. The molecule has 0 spiro atoms. The summed E-state index contributed by atoms with van der Waals surface area (Å²) in [5, 5.41) is -0.420. The number of esters is 1. The molecule has 0 N–H and O–H groups in total. The summed E-state index contributed by atoms with van der Waals surface area (Å²) < 4.78 is 42.9. The van der Waals surface area contributed by atoms with Gasteiger partial charge in [-0.1, -0.05) is 0 Å². The molecular formula is C13H13ClF3N3O2. The van der Waals surface area contributed by atoms with E-state index in [2.05, 4.69) is 14.7 Å². The van der Waals surface area contributed by atoms with Crippen LogP contribution in [-0.4, -0.2) is 36.1 Å². The second kappa shape index (κ2) is 5.26. The molecule has 0 aromatic carbocycles. The van der Waals surface area contributed by atoms with E-state index >= 15 is 0 Å². The van der Waals surface area contributed by atoms with E-state index in [9.17, 15) is 18.0 Å². The number of carbonyl (C=O) groups excluding carboxylic acids is 1. The van der Waals surface area contributed by atoms with Gasteiger partial charge in [-0.3, -0.25) is 4.79 Å². The average Bonchev–Trinajstić information content (AvgIpc) is 2.89. The molecule has 9 heteroatoms. The van der Waals surface area contributed by atoms with Gasteiger partial charge in [0.1, 0.15) is 5.82 Å². The van der Waals surface area contributed by atoms with Crippen molar-refractivity contribution in [3.05, 3.63) is 17.0 Å².